The largest absolute Gasteiger partial charge is 0.481 e. The molecule has 0 bridgehead atoms. The second kappa shape index (κ2) is 9.94. The van der Waals surface area contributed by atoms with E-state index in [1.54, 1.807) is 6.92 Å². The Balaban J connectivity index is 1.21. The summed E-state index contributed by atoms with van der Waals surface area (Å²) in [6.45, 7) is 1.79. The first kappa shape index (κ1) is 23.3. The number of ether oxygens (including phenoxy) is 1. The zero-order valence-electron chi connectivity index (χ0n) is 18.8. The van der Waals surface area contributed by atoms with Gasteiger partial charge in [0.2, 0.25) is 11.8 Å². The number of likely N-dealkylation sites (tertiary alicyclic amines) is 1. The molecule has 1 aliphatic heterocycles. The number of amides is 3. The molecule has 9 heteroatoms. The first-order valence-corrected chi connectivity index (χ1v) is 11.2. The van der Waals surface area contributed by atoms with Gasteiger partial charge in [-0.1, -0.05) is 55.5 Å². The minimum atomic E-state index is -0.931. The summed E-state index contributed by atoms with van der Waals surface area (Å²) in [6, 6.07) is 16.0. The molecule has 2 atom stereocenters. The van der Waals surface area contributed by atoms with Crippen LogP contribution in [0, 0.1) is 11.8 Å². The van der Waals surface area contributed by atoms with Gasteiger partial charge in [0, 0.05) is 19.0 Å². The summed E-state index contributed by atoms with van der Waals surface area (Å²) in [6.07, 6.45) is -0.721. The summed E-state index contributed by atoms with van der Waals surface area (Å²) < 4.78 is 5.38. The van der Waals surface area contributed by atoms with Gasteiger partial charge in [0.25, 0.3) is 0 Å². The number of carboxylic acids is 1. The predicted molar refractivity (Wildman–Crippen MR) is 123 cm³/mol. The van der Waals surface area contributed by atoms with E-state index in [1.165, 1.54) is 4.90 Å². The monoisotopic (exact) mass is 465 g/mol. The molecule has 1 heterocycles. The fraction of sp³-hybridized carbons (Fsp3) is 0.360. The van der Waals surface area contributed by atoms with E-state index in [-0.39, 0.29) is 44.0 Å². The normalized spacial score (nSPS) is 18.7. The zero-order chi connectivity index (χ0) is 24.2. The van der Waals surface area contributed by atoms with Crippen LogP contribution in [0.4, 0.5) is 4.79 Å². The van der Waals surface area contributed by atoms with Crippen molar-refractivity contribution in [1.82, 2.24) is 15.5 Å². The molecule has 4 rings (SSSR count). The highest BCUT2D eigenvalue weighted by Gasteiger charge is 2.36. The second-order valence-corrected chi connectivity index (χ2v) is 8.68. The van der Waals surface area contributed by atoms with Gasteiger partial charge in [-0.25, -0.2) is 4.79 Å². The molecule has 1 saturated heterocycles. The second-order valence-electron chi connectivity index (χ2n) is 8.68. The summed E-state index contributed by atoms with van der Waals surface area (Å²) >= 11 is 0. The minimum absolute atomic E-state index is 0.0814. The number of carbonyl (C=O) groups is 4. The van der Waals surface area contributed by atoms with E-state index in [0.29, 0.717) is 6.54 Å². The molecular weight excluding hydrogens is 438 g/mol. The lowest BCUT2D eigenvalue weighted by molar-refractivity contribution is -0.142. The van der Waals surface area contributed by atoms with Crippen molar-refractivity contribution in [3.8, 4) is 11.1 Å². The fourth-order valence-corrected chi connectivity index (χ4v) is 4.64. The average Bonchev–Trinajstić information content (AvgIpc) is 3.38. The molecule has 2 aliphatic rings. The molecule has 0 saturated carbocycles. The molecular formula is C25H27N3O6. The number of carbonyl (C=O) groups excluding carboxylic acids is 3. The molecule has 1 aliphatic carbocycles. The molecule has 0 spiro atoms. The summed E-state index contributed by atoms with van der Waals surface area (Å²) in [5, 5.41) is 14.0. The molecule has 3 amide bonds. The maximum Gasteiger partial charge on any atom is 0.407 e. The van der Waals surface area contributed by atoms with Crippen LogP contribution in [0.5, 0.6) is 0 Å². The van der Waals surface area contributed by atoms with Gasteiger partial charge >= 0.3 is 12.1 Å². The van der Waals surface area contributed by atoms with E-state index in [9.17, 15) is 24.3 Å². The van der Waals surface area contributed by atoms with Gasteiger partial charge < -0.3 is 25.4 Å². The van der Waals surface area contributed by atoms with E-state index in [4.69, 9.17) is 4.74 Å². The summed E-state index contributed by atoms with van der Waals surface area (Å²) in [4.78, 5) is 49.1. The number of alkyl carbamates (subject to hydrolysis) is 1. The smallest absolute Gasteiger partial charge is 0.407 e. The number of hydrogen-bond donors (Lipinski definition) is 3. The number of nitrogens with one attached hydrogen (secondary N) is 2. The van der Waals surface area contributed by atoms with Crippen LogP contribution in [-0.2, 0) is 19.1 Å². The highest BCUT2D eigenvalue weighted by molar-refractivity contribution is 5.87. The number of benzene rings is 2. The molecule has 2 aromatic rings. The Hall–Kier alpha value is -3.88. The molecule has 0 unspecified atom stereocenters. The van der Waals surface area contributed by atoms with Crippen LogP contribution < -0.4 is 10.6 Å². The third-order valence-electron chi connectivity index (χ3n) is 6.46. The number of fused-ring (bicyclic) bond motifs is 3. The Morgan fingerprint density at radius 1 is 0.941 bits per heavy atom. The van der Waals surface area contributed by atoms with Crippen molar-refractivity contribution in [2.24, 2.45) is 11.8 Å². The van der Waals surface area contributed by atoms with E-state index >= 15 is 0 Å². The van der Waals surface area contributed by atoms with E-state index in [2.05, 4.69) is 10.6 Å². The van der Waals surface area contributed by atoms with E-state index < -0.39 is 23.9 Å². The van der Waals surface area contributed by atoms with Crippen LogP contribution in [0.1, 0.15) is 24.0 Å². The Labute approximate surface area is 197 Å². The summed E-state index contributed by atoms with van der Waals surface area (Å²) in [7, 11) is 0. The fourth-order valence-electron chi connectivity index (χ4n) is 4.64. The van der Waals surface area contributed by atoms with Crippen molar-refractivity contribution in [3.05, 3.63) is 59.7 Å². The van der Waals surface area contributed by atoms with Gasteiger partial charge in [-0.2, -0.15) is 0 Å². The van der Waals surface area contributed by atoms with Crippen LogP contribution in [0.15, 0.2) is 48.5 Å². The number of aliphatic carboxylic acids is 1. The number of carboxylic acid groups (broad SMARTS) is 1. The minimum Gasteiger partial charge on any atom is -0.481 e. The van der Waals surface area contributed by atoms with Crippen molar-refractivity contribution in [3.63, 3.8) is 0 Å². The quantitative estimate of drug-likeness (QED) is 0.573. The van der Waals surface area contributed by atoms with E-state index in [1.807, 2.05) is 48.5 Å². The lowest BCUT2D eigenvalue weighted by Crippen LogP contribution is -2.43. The molecule has 3 N–H and O–H groups in total. The standard InChI is InChI=1S/C25H27N3O6/c1-15-12-28(13-20(15)24(31)32)23(30)11-26-22(29)10-27-25(33)34-14-21-18-8-4-2-6-16(18)17-7-3-5-9-19(17)21/h2-9,15,20-21H,10-14H2,1H3,(H,26,29)(H,27,33)(H,31,32)/t15-,20-/m1/s1. The lowest BCUT2D eigenvalue weighted by atomic mass is 9.98. The molecule has 1 fully saturated rings. The molecule has 2 aromatic carbocycles. The Bertz CT molecular complexity index is 1070. The van der Waals surface area contributed by atoms with Crippen LogP contribution in [0.25, 0.3) is 11.1 Å². The maximum absolute atomic E-state index is 12.3. The maximum atomic E-state index is 12.3. The SMILES string of the molecule is C[C@@H]1CN(C(=O)CNC(=O)CNC(=O)OCC2c3ccccc3-c3ccccc32)C[C@H]1C(=O)O. The Morgan fingerprint density at radius 3 is 2.15 bits per heavy atom. The third kappa shape index (κ3) is 4.88. The zero-order valence-corrected chi connectivity index (χ0v) is 18.8. The van der Waals surface area contributed by atoms with Gasteiger partial charge in [0.1, 0.15) is 13.2 Å². The van der Waals surface area contributed by atoms with Crippen molar-refractivity contribution >= 4 is 23.9 Å². The molecule has 0 aromatic heterocycles. The Kier molecular flexibility index (Phi) is 6.81. The van der Waals surface area contributed by atoms with Crippen molar-refractivity contribution in [1.29, 1.82) is 0 Å². The van der Waals surface area contributed by atoms with Crippen LogP contribution in [0.2, 0.25) is 0 Å². The number of hydrogen-bond acceptors (Lipinski definition) is 5. The summed E-state index contributed by atoms with van der Waals surface area (Å²) in [5.41, 5.74) is 4.43. The number of rotatable bonds is 7. The van der Waals surface area contributed by atoms with Gasteiger partial charge in [-0.05, 0) is 28.2 Å². The molecule has 34 heavy (non-hydrogen) atoms. The average molecular weight is 466 g/mol. The third-order valence-corrected chi connectivity index (χ3v) is 6.46. The van der Waals surface area contributed by atoms with Crippen molar-refractivity contribution < 1.29 is 29.0 Å². The predicted octanol–water partition coefficient (Wildman–Crippen LogP) is 1.82. The van der Waals surface area contributed by atoms with Gasteiger partial charge in [-0.3, -0.25) is 14.4 Å². The molecule has 0 radical (unpaired) electrons. The first-order chi connectivity index (χ1) is 16.3. The topological polar surface area (TPSA) is 125 Å². The van der Waals surface area contributed by atoms with Crippen molar-refractivity contribution in [2.45, 2.75) is 12.8 Å². The lowest BCUT2D eigenvalue weighted by Gasteiger charge is -2.16. The highest BCUT2D eigenvalue weighted by Crippen LogP contribution is 2.44. The van der Waals surface area contributed by atoms with E-state index in [0.717, 1.165) is 22.3 Å². The highest BCUT2D eigenvalue weighted by atomic mass is 16.5. The van der Waals surface area contributed by atoms with Gasteiger partial charge in [-0.15, -0.1) is 0 Å². The van der Waals surface area contributed by atoms with Crippen LogP contribution >= 0.6 is 0 Å². The van der Waals surface area contributed by atoms with Crippen LogP contribution in [0.3, 0.4) is 0 Å². The Morgan fingerprint density at radius 2 is 1.56 bits per heavy atom. The van der Waals surface area contributed by atoms with Gasteiger partial charge in [0.15, 0.2) is 0 Å². The summed E-state index contributed by atoms with van der Waals surface area (Å²) in [5.74, 6) is -2.66. The van der Waals surface area contributed by atoms with Crippen molar-refractivity contribution in [2.75, 3.05) is 32.8 Å². The number of nitrogens with zero attached hydrogens (tertiary/aromatic N) is 1. The molecule has 9 nitrogen and oxygen atoms in total. The van der Waals surface area contributed by atoms with Gasteiger partial charge in [0.05, 0.1) is 12.5 Å². The van der Waals surface area contributed by atoms with Crippen LogP contribution in [-0.4, -0.2) is 66.7 Å². The first-order valence-electron chi connectivity index (χ1n) is 11.2. The molecule has 178 valence electrons.